The van der Waals surface area contributed by atoms with Crippen LogP contribution in [0.15, 0.2) is 59.8 Å². The number of hydrogen-bond donors (Lipinski definition) is 1. The van der Waals surface area contributed by atoms with E-state index in [4.69, 9.17) is 16.3 Å². The van der Waals surface area contributed by atoms with Gasteiger partial charge in [0, 0.05) is 33.3 Å². The van der Waals surface area contributed by atoms with Crippen LogP contribution in [-0.2, 0) is 6.18 Å². The van der Waals surface area contributed by atoms with E-state index in [1.54, 1.807) is 6.20 Å². The van der Waals surface area contributed by atoms with E-state index in [-0.39, 0.29) is 11.4 Å². The minimum Gasteiger partial charge on any atom is -0.495 e. The monoisotopic (exact) mass is 500 g/mol. The summed E-state index contributed by atoms with van der Waals surface area (Å²) in [5, 5.41) is 8.01. The third kappa shape index (κ3) is 4.14. The molecule has 0 saturated heterocycles. The first kappa shape index (κ1) is 22.7. The molecule has 8 nitrogen and oxygen atoms in total. The molecule has 1 N–H and O–H groups in total. The molecule has 1 aromatic carbocycles. The van der Waals surface area contributed by atoms with Gasteiger partial charge in [-0.2, -0.15) is 13.2 Å². The van der Waals surface area contributed by atoms with Crippen LogP contribution < -0.4 is 10.3 Å². The van der Waals surface area contributed by atoms with Crippen LogP contribution in [0.2, 0.25) is 5.02 Å². The minimum absolute atomic E-state index is 0.236. The summed E-state index contributed by atoms with van der Waals surface area (Å²) in [5.74, 6) is 0.789. The number of alkyl halides is 3. The number of ether oxygens (including phenoxy) is 1. The van der Waals surface area contributed by atoms with Gasteiger partial charge in [0.05, 0.1) is 36.9 Å². The van der Waals surface area contributed by atoms with Crippen LogP contribution in [0.1, 0.15) is 11.4 Å². The van der Waals surface area contributed by atoms with E-state index in [0.717, 1.165) is 27.5 Å². The molecule has 0 radical (unpaired) electrons. The number of rotatable bonds is 4. The normalized spacial score (nSPS) is 11.8. The quantitative estimate of drug-likeness (QED) is 0.377. The van der Waals surface area contributed by atoms with Gasteiger partial charge in [0.15, 0.2) is 5.69 Å². The second kappa shape index (κ2) is 8.27. The maximum absolute atomic E-state index is 13.1. The van der Waals surface area contributed by atoms with E-state index < -0.39 is 17.4 Å². The Labute approximate surface area is 200 Å². The number of nitrogens with zero attached hydrogens (tertiary/aromatic N) is 5. The summed E-state index contributed by atoms with van der Waals surface area (Å²) >= 11 is 6.19. The number of halogens is 4. The van der Waals surface area contributed by atoms with Gasteiger partial charge in [-0.05, 0) is 37.3 Å². The Hall–Kier alpha value is -4.12. The Morgan fingerprint density at radius 2 is 1.89 bits per heavy atom. The number of aromatic nitrogens is 6. The van der Waals surface area contributed by atoms with Gasteiger partial charge in [-0.25, -0.2) is 4.68 Å². The van der Waals surface area contributed by atoms with Gasteiger partial charge in [-0.3, -0.25) is 14.3 Å². The van der Waals surface area contributed by atoms with Crippen LogP contribution in [0.25, 0.3) is 33.5 Å². The van der Waals surface area contributed by atoms with Crippen LogP contribution in [-0.4, -0.2) is 36.6 Å². The molecule has 0 amide bonds. The molecule has 4 heterocycles. The molecule has 0 atom stereocenters. The lowest BCUT2D eigenvalue weighted by Crippen LogP contribution is -2.18. The maximum Gasteiger partial charge on any atom is 0.436 e. The topological polar surface area (TPSA) is 90.6 Å². The first-order valence-electron chi connectivity index (χ1n) is 10.2. The Bertz CT molecular complexity index is 1640. The van der Waals surface area contributed by atoms with Crippen molar-refractivity contribution < 1.29 is 17.9 Å². The molecule has 4 aromatic heterocycles. The van der Waals surface area contributed by atoms with E-state index in [0.29, 0.717) is 22.0 Å². The third-order valence-corrected chi connectivity index (χ3v) is 5.64. The summed E-state index contributed by atoms with van der Waals surface area (Å²) in [5.41, 5.74) is 0.933. The molecular weight excluding hydrogens is 485 g/mol. The molecule has 0 saturated carbocycles. The molecule has 178 valence electrons. The number of nitrogens with one attached hydrogen (secondary N) is 1. The Morgan fingerprint density at radius 3 is 2.60 bits per heavy atom. The van der Waals surface area contributed by atoms with Gasteiger partial charge < -0.3 is 9.72 Å². The Kier molecular flexibility index (Phi) is 5.36. The van der Waals surface area contributed by atoms with Crippen LogP contribution in [0.3, 0.4) is 0 Å². The zero-order chi connectivity index (χ0) is 24.9. The molecular formula is C23H16ClF3N6O2. The standard InChI is InChI=1S/C23H16ClF3N6O2/c1-12-5-13-6-21(29-17(13)9-28-12)32-10-19(35-2)16(8-22(32)34)15-7-14(24)3-4-18(15)33-11-20(30-31-33)23(25,26)27/h3-11,29H,1-2H3. The third-order valence-electron chi connectivity index (χ3n) is 5.40. The molecule has 0 aliphatic heterocycles. The van der Waals surface area contributed by atoms with E-state index in [1.807, 2.05) is 19.1 Å². The molecule has 0 aliphatic carbocycles. The smallest absolute Gasteiger partial charge is 0.436 e. The van der Waals surface area contributed by atoms with E-state index in [9.17, 15) is 18.0 Å². The highest BCUT2D eigenvalue weighted by Gasteiger charge is 2.34. The fraction of sp³-hybridized carbons (Fsp3) is 0.130. The molecule has 0 bridgehead atoms. The molecule has 0 spiro atoms. The predicted molar refractivity (Wildman–Crippen MR) is 123 cm³/mol. The molecule has 12 heteroatoms. The van der Waals surface area contributed by atoms with Gasteiger partial charge >= 0.3 is 6.18 Å². The first-order chi connectivity index (χ1) is 16.6. The summed E-state index contributed by atoms with van der Waals surface area (Å²) in [6.07, 6.45) is -0.718. The van der Waals surface area contributed by atoms with Crippen LogP contribution in [0, 0.1) is 6.92 Å². The highest BCUT2D eigenvalue weighted by atomic mass is 35.5. The zero-order valence-corrected chi connectivity index (χ0v) is 19.0. The summed E-state index contributed by atoms with van der Waals surface area (Å²) in [4.78, 5) is 20.5. The van der Waals surface area contributed by atoms with Crippen LogP contribution >= 0.6 is 11.6 Å². The molecule has 0 fully saturated rings. The van der Waals surface area contributed by atoms with Crippen molar-refractivity contribution in [2.75, 3.05) is 7.11 Å². The van der Waals surface area contributed by atoms with E-state index in [2.05, 4.69) is 20.3 Å². The van der Waals surface area contributed by atoms with Gasteiger partial charge in [-0.1, -0.05) is 16.8 Å². The predicted octanol–water partition coefficient (Wildman–Crippen LogP) is 4.95. The number of pyridine rings is 2. The largest absolute Gasteiger partial charge is 0.495 e. The summed E-state index contributed by atoms with van der Waals surface area (Å²) in [6, 6.07) is 9.53. The zero-order valence-electron chi connectivity index (χ0n) is 18.3. The molecule has 5 rings (SSSR count). The number of benzene rings is 1. The van der Waals surface area contributed by atoms with Crippen molar-refractivity contribution in [3.63, 3.8) is 0 Å². The number of hydrogen-bond acceptors (Lipinski definition) is 5. The fourth-order valence-electron chi connectivity index (χ4n) is 3.77. The summed E-state index contributed by atoms with van der Waals surface area (Å²) in [7, 11) is 1.42. The van der Waals surface area contributed by atoms with Crippen LogP contribution in [0.4, 0.5) is 13.2 Å². The van der Waals surface area contributed by atoms with E-state index >= 15 is 0 Å². The minimum atomic E-state index is -4.66. The lowest BCUT2D eigenvalue weighted by atomic mass is 10.0. The Balaban J connectivity index is 1.67. The van der Waals surface area contributed by atoms with Crippen molar-refractivity contribution in [3.05, 3.63) is 81.8 Å². The molecule has 35 heavy (non-hydrogen) atoms. The van der Waals surface area contributed by atoms with Crippen molar-refractivity contribution in [2.45, 2.75) is 13.1 Å². The van der Waals surface area contributed by atoms with Gasteiger partial charge in [0.2, 0.25) is 0 Å². The van der Waals surface area contributed by atoms with Gasteiger partial charge in [0.1, 0.15) is 11.6 Å². The van der Waals surface area contributed by atoms with Crippen LogP contribution in [0.5, 0.6) is 5.75 Å². The lowest BCUT2D eigenvalue weighted by molar-refractivity contribution is -0.141. The second-order valence-electron chi connectivity index (χ2n) is 7.74. The van der Waals surface area contributed by atoms with Crippen molar-refractivity contribution >= 4 is 22.5 Å². The van der Waals surface area contributed by atoms with Gasteiger partial charge in [0.25, 0.3) is 5.56 Å². The first-order valence-corrected chi connectivity index (χ1v) is 10.6. The average molecular weight is 501 g/mol. The summed E-state index contributed by atoms with van der Waals surface area (Å²) < 4.78 is 47.1. The molecule has 0 unspecified atom stereocenters. The number of aromatic amines is 1. The highest BCUT2D eigenvalue weighted by Crippen LogP contribution is 2.36. The Morgan fingerprint density at radius 1 is 1.09 bits per heavy atom. The number of aryl methyl sites for hydroxylation is 1. The highest BCUT2D eigenvalue weighted by molar-refractivity contribution is 6.31. The average Bonchev–Trinajstić information content (AvgIpc) is 3.46. The molecule has 5 aromatic rings. The number of methoxy groups -OCH3 is 1. The lowest BCUT2D eigenvalue weighted by Gasteiger charge is -2.15. The fourth-order valence-corrected chi connectivity index (χ4v) is 3.94. The van der Waals surface area contributed by atoms with Crippen molar-refractivity contribution in [3.8, 4) is 28.4 Å². The molecule has 0 aliphatic rings. The maximum atomic E-state index is 13.1. The number of H-pyrrole nitrogens is 1. The van der Waals surface area contributed by atoms with E-state index in [1.165, 1.54) is 42.1 Å². The summed E-state index contributed by atoms with van der Waals surface area (Å²) in [6.45, 7) is 1.87. The van der Waals surface area contributed by atoms with Crippen molar-refractivity contribution in [2.24, 2.45) is 0 Å². The second-order valence-corrected chi connectivity index (χ2v) is 8.18. The van der Waals surface area contributed by atoms with Gasteiger partial charge in [-0.15, -0.1) is 5.10 Å². The van der Waals surface area contributed by atoms with Crippen molar-refractivity contribution in [1.29, 1.82) is 0 Å². The number of fused-ring (bicyclic) bond motifs is 1. The SMILES string of the molecule is COc1cn(-c2cc3cc(C)ncc3[nH]2)c(=O)cc1-c1cc(Cl)ccc1-n1cc(C(F)(F)F)nn1. The van der Waals surface area contributed by atoms with Crippen molar-refractivity contribution in [1.82, 2.24) is 29.5 Å².